The molecule has 3 N–H and O–H groups in total. The monoisotopic (exact) mass is 408 g/mol. The molecule has 29 heavy (non-hydrogen) atoms. The number of aromatic nitrogens is 4. The molecule has 0 bridgehead atoms. The second-order valence-electron chi connectivity index (χ2n) is 6.05. The number of halogens is 3. The van der Waals surface area contributed by atoms with Crippen molar-refractivity contribution in [1.82, 2.24) is 19.5 Å². The largest absolute Gasteiger partial charge is 0.467 e. The van der Waals surface area contributed by atoms with Crippen LogP contribution in [0, 0.1) is 0 Å². The number of H-pyrrole nitrogens is 1. The minimum absolute atomic E-state index is 0.222. The molecule has 3 aromatic heterocycles. The van der Waals surface area contributed by atoms with Crippen molar-refractivity contribution in [3.63, 3.8) is 0 Å². The van der Waals surface area contributed by atoms with E-state index in [0.29, 0.717) is 0 Å². The van der Waals surface area contributed by atoms with Gasteiger partial charge >= 0.3 is 11.9 Å². The summed E-state index contributed by atoms with van der Waals surface area (Å²) in [5.74, 6) is -2.51. The van der Waals surface area contributed by atoms with Crippen LogP contribution in [0.2, 0.25) is 0 Å². The normalized spacial score (nSPS) is 18.4. The first-order valence-electron chi connectivity index (χ1n) is 8.07. The predicted molar refractivity (Wildman–Crippen MR) is 91.2 cm³/mol. The molecule has 4 heterocycles. The third kappa shape index (κ3) is 2.78. The van der Waals surface area contributed by atoms with E-state index in [1.807, 2.05) is 15.6 Å². The highest BCUT2D eigenvalue weighted by molar-refractivity contribution is 6.07. The van der Waals surface area contributed by atoms with Crippen molar-refractivity contribution in [3.05, 3.63) is 69.0 Å². The molecule has 1 atom stereocenters. The van der Waals surface area contributed by atoms with E-state index in [2.05, 4.69) is 9.97 Å². The number of hydrogen-bond acceptors (Lipinski definition) is 7. The van der Waals surface area contributed by atoms with Crippen molar-refractivity contribution >= 4 is 17.7 Å². The Hall–Kier alpha value is -3.90. The zero-order chi connectivity index (χ0) is 20.8. The smallest absolute Gasteiger partial charge is 0.425 e. The number of fused-ring (bicyclic) bond motifs is 1. The molecule has 0 unspecified atom stereocenters. The number of aromatic amines is 1. The van der Waals surface area contributed by atoms with Crippen LogP contribution in [0.15, 0.2) is 50.9 Å². The molecule has 3 aromatic rings. The maximum Gasteiger partial charge on any atom is 0.425 e. The van der Waals surface area contributed by atoms with E-state index in [1.54, 1.807) is 0 Å². The Bertz CT molecular complexity index is 1190. The molecule has 0 aromatic carbocycles. The molecule has 1 amide bonds. The molecule has 0 saturated heterocycles. The molecule has 0 spiro atoms. The summed E-state index contributed by atoms with van der Waals surface area (Å²) >= 11 is 0. The summed E-state index contributed by atoms with van der Waals surface area (Å²) in [6.07, 6.45) is -1.65. The maximum atomic E-state index is 14.2. The van der Waals surface area contributed by atoms with Crippen LogP contribution in [-0.2, 0) is 16.9 Å². The Morgan fingerprint density at radius 3 is 2.52 bits per heavy atom. The number of carbonyl (C=O) groups excluding carboxylic acids is 1. The predicted octanol–water partition coefficient (Wildman–Crippen LogP) is 0.790. The van der Waals surface area contributed by atoms with Gasteiger partial charge in [-0.15, -0.1) is 0 Å². The van der Waals surface area contributed by atoms with Crippen LogP contribution < -0.4 is 21.9 Å². The van der Waals surface area contributed by atoms with Crippen LogP contribution in [0.1, 0.15) is 11.3 Å². The van der Waals surface area contributed by atoms with E-state index in [0.717, 1.165) is 17.0 Å². The molecular weight excluding hydrogens is 397 g/mol. The highest BCUT2D eigenvalue weighted by atomic mass is 19.4. The molecule has 0 fully saturated rings. The van der Waals surface area contributed by atoms with Crippen molar-refractivity contribution < 1.29 is 22.4 Å². The molecule has 4 rings (SSSR count). The number of rotatable bonds is 4. The molecule has 13 heteroatoms. The fraction of sp³-hybridized carbons (Fsp3) is 0.188. The van der Waals surface area contributed by atoms with E-state index in [1.165, 1.54) is 24.5 Å². The minimum Gasteiger partial charge on any atom is -0.467 e. The average Bonchev–Trinajstić information content (AvgIpc) is 3.26. The summed E-state index contributed by atoms with van der Waals surface area (Å²) in [6, 6.07) is 4.36. The third-order valence-corrected chi connectivity index (χ3v) is 4.33. The zero-order valence-corrected chi connectivity index (χ0v) is 14.3. The fourth-order valence-electron chi connectivity index (χ4n) is 3.07. The lowest BCUT2D eigenvalue weighted by molar-refractivity contribution is -0.184. The van der Waals surface area contributed by atoms with Crippen molar-refractivity contribution in [2.24, 2.45) is 0 Å². The number of furan rings is 1. The van der Waals surface area contributed by atoms with E-state index >= 15 is 0 Å². The quantitative estimate of drug-likeness (QED) is 0.581. The topological polar surface area (TPSA) is 135 Å². The van der Waals surface area contributed by atoms with Crippen molar-refractivity contribution in [2.75, 3.05) is 10.6 Å². The highest BCUT2D eigenvalue weighted by Gasteiger charge is 2.68. The van der Waals surface area contributed by atoms with E-state index in [-0.39, 0.29) is 12.3 Å². The SMILES string of the molecule is O=C1Nc2c(c(=O)[nH]c(=O)n2Cc2ccco2)[C@]1(Nc1ncccn1)C(F)(F)F. The number of nitrogens with zero attached hydrogens (tertiary/aromatic N) is 3. The summed E-state index contributed by atoms with van der Waals surface area (Å²) < 4.78 is 48.4. The molecule has 1 aliphatic rings. The second-order valence-corrected chi connectivity index (χ2v) is 6.05. The van der Waals surface area contributed by atoms with Gasteiger partial charge < -0.3 is 15.1 Å². The van der Waals surface area contributed by atoms with Gasteiger partial charge in [-0.1, -0.05) is 0 Å². The number of amides is 1. The highest BCUT2D eigenvalue weighted by Crippen LogP contribution is 2.46. The first-order valence-corrected chi connectivity index (χ1v) is 8.07. The molecule has 10 nitrogen and oxygen atoms in total. The van der Waals surface area contributed by atoms with Gasteiger partial charge in [0.1, 0.15) is 17.1 Å². The molecule has 0 aliphatic carbocycles. The summed E-state index contributed by atoms with van der Waals surface area (Å²) in [7, 11) is 0. The number of nitrogens with one attached hydrogen (secondary N) is 3. The van der Waals surface area contributed by atoms with E-state index in [4.69, 9.17) is 4.42 Å². The minimum atomic E-state index is -5.28. The lowest BCUT2D eigenvalue weighted by atomic mass is 9.92. The number of alkyl halides is 3. The van der Waals surface area contributed by atoms with Gasteiger partial charge in [0, 0.05) is 12.4 Å². The zero-order valence-electron chi connectivity index (χ0n) is 14.3. The van der Waals surface area contributed by atoms with Gasteiger partial charge in [0.2, 0.25) is 5.95 Å². The van der Waals surface area contributed by atoms with Gasteiger partial charge in [0.25, 0.3) is 17.0 Å². The Morgan fingerprint density at radius 1 is 1.17 bits per heavy atom. The summed E-state index contributed by atoms with van der Waals surface area (Å²) in [5, 5.41) is 3.93. The van der Waals surface area contributed by atoms with Crippen molar-refractivity contribution in [3.8, 4) is 0 Å². The Balaban J connectivity index is 1.96. The van der Waals surface area contributed by atoms with E-state index in [9.17, 15) is 27.6 Å². The van der Waals surface area contributed by atoms with Gasteiger partial charge in [-0.25, -0.2) is 14.8 Å². The van der Waals surface area contributed by atoms with Crippen molar-refractivity contribution in [1.29, 1.82) is 0 Å². The van der Waals surface area contributed by atoms with Crippen LogP contribution in [0.4, 0.5) is 24.9 Å². The maximum absolute atomic E-state index is 14.2. The molecule has 0 saturated carbocycles. The Labute approximate surface area is 158 Å². The molecular formula is C16H11F3N6O4. The van der Waals surface area contributed by atoms with Crippen LogP contribution in [-0.4, -0.2) is 31.6 Å². The summed E-state index contributed by atoms with van der Waals surface area (Å²) in [4.78, 5) is 46.3. The Kier molecular flexibility index (Phi) is 4.03. The lowest BCUT2D eigenvalue weighted by Crippen LogP contribution is -2.56. The van der Waals surface area contributed by atoms with Crippen LogP contribution >= 0.6 is 0 Å². The fourth-order valence-corrected chi connectivity index (χ4v) is 3.07. The first-order chi connectivity index (χ1) is 13.7. The molecule has 0 radical (unpaired) electrons. The summed E-state index contributed by atoms with van der Waals surface area (Å²) in [6.45, 7) is -0.318. The molecule has 1 aliphatic heterocycles. The third-order valence-electron chi connectivity index (χ3n) is 4.33. The van der Waals surface area contributed by atoms with Crippen LogP contribution in [0.5, 0.6) is 0 Å². The van der Waals surface area contributed by atoms with Gasteiger partial charge in [0.05, 0.1) is 12.8 Å². The standard InChI is InChI=1S/C16H11F3N6O4/c17-16(18,19)15(24-13-20-4-2-5-21-13)9-10(22-12(15)27)25(14(28)23-11(9)26)7-8-3-1-6-29-8/h1-6H,7H2,(H,22,27)(H,20,21,24)(H,23,26,28)/t15-/m1/s1. The van der Waals surface area contributed by atoms with Crippen LogP contribution in [0.25, 0.3) is 0 Å². The number of hydrogen-bond donors (Lipinski definition) is 3. The molecule has 150 valence electrons. The van der Waals surface area contributed by atoms with Gasteiger partial charge in [-0.3, -0.25) is 19.1 Å². The summed E-state index contributed by atoms with van der Waals surface area (Å²) in [5.41, 5.74) is -6.91. The number of carbonyl (C=O) groups is 1. The van der Waals surface area contributed by atoms with Gasteiger partial charge in [-0.2, -0.15) is 13.2 Å². The van der Waals surface area contributed by atoms with Gasteiger partial charge in [-0.05, 0) is 18.2 Å². The second kappa shape index (κ2) is 6.32. The van der Waals surface area contributed by atoms with Gasteiger partial charge in [0.15, 0.2) is 0 Å². The van der Waals surface area contributed by atoms with Crippen molar-refractivity contribution in [2.45, 2.75) is 18.3 Å². The Morgan fingerprint density at radius 2 is 1.90 bits per heavy atom. The van der Waals surface area contributed by atoms with E-state index < -0.39 is 46.2 Å². The average molecular weight is 408 g/mol. The van der Waals surface area contributed by atoms with Crippen LogP contribution in [0.3, 0.4) is 0 Å². The first kappa shape index (κ1) is 18.5. The number of anilines is 2. The lowest BCUT2D eigenvalue weighted by Gasteiger charge is -2.29.